The predicted octanol–water partition coefficient (Wildman–Crippen LogP) is 3.16. The van der Waals surface area contributed by atoms with Crippen LogP contribution in [-0.4, -0.2) is 20.2 Å². The number of halogens is 3. The van der Waals surface area contributed by atoms with Gasteiger partial charge in [-0.15, -0.1) is 5.10 Å². The van der Waals surface area contributed by atoms with Crippen LogP contribution in [0.5, 0.6) is 0 Å². The summed E-state index contributed by atoms with van der Waals surface area (Å²) in [5, 5.41) is 11.8. The van der Waals surface area contributed by atoms with Crippen molar-refractivity contribution in [3.05, 3.63) is 41.4 Å². The molecule has 1 aromatic heterocycles. The van der Waals surface area contributed by atoms with Gasteiger partial charge in [-0.2, -0.15) is 8.78 Å². The van der Waals surface area contributed by atoms with Gasteiger partial charge in [0.1, 0.15) is 0 Å². The first-order valence-corrected chi connectivity index (χ1v) is 5.58. The van der Waals surface area contributed by atoms with E-state index >= 15 is 0 Å². The molecule has 2 rings (SSSR count). The average molecular weight is 271 g/mol. The van der Waals surface area contributed by atoms with E-state index < -0.39 is 6.08 Å². The van der Waals surface area contributed by atoms with Crippen molar-refractivity contribution < 1.29 is 8.78 Å². The molecule has 0 N–H and O–H groups in total. The van der Waals surface area contributed by atoms with Gasteiger partial charge in [0.25, 0.3) is 6.08 Å². The van der Waals surface area contributed by atoms with E-state index in [1.807, 2.05) is 0 Å². The van der Waals surface area contributed by atoms with Gasteiger partial charge in [0.2, 0.25) is 0 Å². The SMILES string of the molecule is FC(F)=CCCn1nnnc1-c1ccc(Cl)cc1. The van der Waals surface area contributed by atoms with Crippen LogP contribution in [0.1, 0.15) is 6.42 Å². The molecule has 2 aromatic rings. The standard InChI is InChI=1S/C11H9ClF2N4/c12-9-5-3-8(4-6-9)11-15-16-17-18(11)7-1-2-10(13)14/h2-6H,1,7H2. The third kappa shape index (κ3) is 3.10. The van der Waals surface area contributed by atoms with Gasteiger partial charge < -0.3 is 0 Å². The van der Waals surface area contributed by atoms with Crippen LogP contribution >= 0.6 is 11.6 Å². The van der Waals surface area contributed by atoms with E-state index in [9.17, 15) is 8.78 Å². The van der Waals surface area contributed by atoms with Crippen LogP contribution < -0.4 is 0 Å². The molecule has 0 fully saturated rings. The first kappa shape index (κ1) is 12.6. The molecule has 0 aliphatic carbocycles. The van der Waals surface area contributed by atoms with Gasteiger partial charge in [0.05, 0.1) is 0 Å². The Morgan fingerprint density at radius 1 is 1.28 bits per heavy atom. The van der Waals surface area contributed by atoms with Crippen LogP contribution in [0, 0.1) is 0 Å². The number of hydrogen-bond acceptors (Lipinski definition) is 3. The van der Waals surface area contributed by atoms with Crippen molar-refractivity contribution in [1.82, 2.24) is 20.2 Å². The maximum atomic E-state index is 11.9. The Bertz CT molecular complexity index is 546. The molecule has 0 spiro atoms. The van der Waals surface area contributed by atoms with Gasteiger partial charge in [-0.25, -0.2) is 4.68 Å². The molecule has 0 radical (unpaired) electrons. The fraction of sp³-hybridized carbons (Fsp3) is 0.182. The van der Waals surface area contributed by atoms with Crippen molar-refractivity contribution in [2.24, 2.45) is 0 Å². The number of aromatic nitrogens is 4. The monoisotopic (exact) mass is 270 g/mol. The molecule has 4 nitrogen and oxygen atoms in total. The summed E-state index contributed by atoms with van der Waals surface area (Å²) in [5.74, 6) is 0.527. The minimum atomic E-state index is -1.70. The summed E-state index contributed by atoms with van der Waals surface area (Å²) in [7, 11) is 0. The molecular weight excluding hydrogens is 262 g/mol. The van der Waals surface area contributed by atoms with Crippen LogP contribution in [-0.2, 0) is 6.54 Å². The largest absolute Gasteiger partial charge is 0.266 e. The quantitative estimate of drug-likeness (QED) is 0.857. The topological polar surface area (TPSA) is 43.6 Å². The molecule has 1 heterocycles. The summed E-state index contributed by atoms with van der Waals surface area (Å²) in [5.41, 5.74) is 0.786. The van der Waals surface area contributed by atoms with E-state index in [0.717, 1.165) is 11.6 Å². The lowest BCUT2D eigenvalue weighted by molar-refractivity contribution is 0.415. The van der Waals surface area contributed by atoms with Gasteiger partial charge in [0, 0.05) is 17.1 Å². The van der Waals surface area contributed by atoms with E-state index in [2.05, 4.69) is 15.5 Å². The first-order valence-electron chi connectivity index (χ1n) is 5.20. The maximum absolute atomic E-state index is 11.9. The summed E-state index contributed by atoms with van der Waals surface area (Å²) in [6.45, 7) is 0.294. The molecule has 0 amide bonds. The highest BCUT2D eigenvalue weighted by Crippen LogP contribution is 2.18. The number of nitrogens with zero attached hydrogens (tertiary/aromatic N) is 4. The zero-order chi connectivity index (χ0) is 13.0. The van der Waals surface area contributed by atoms with Gasteiger partial charge in [-0.1, -0.05) is 11.6 Å². The molecule has 0 saturated carbocycles. The summed E-state index contributed by atoms with van der Waals surface area (Å²) in [6, 6.07) is 6.99. The summed E-state index contributed by atoms with van der Waals surface area (Å²) >= 11 is 5.78. The second-order valence-electron chi connectivity index (χ2n) is 3.51. The highest BCUT2D eigenvalue weighted by atomic mass is 35.5. The number of tetrazole rings is 1. The summed E-state index contributed by atoms with van der Waals surface area (Å²) in [6.07, 6.45) is -0.683. The first-order chi connectivity index (χ1) is 8.66. The predicted molar refractivity (Wildman–Crippen MR) is 63.2 cm³/mol. The molecule has 1 aromatic carbocycles. The Hall–Kier alpha value is -1.82. The zero-order valence-electron chi connectivity index (χ0n) is 9.22. The number of rotatable bonds is 4. The lowest BCUT2D eigenvalue weighted by atomic mass is 10.2. The van der Waals surface area contributed by atoms with Crippen LogP contribution in [0.2, 0.25) is 5.02 Å². The van der Waals surface area contributed by atoms with Crippen molar-refractivity contribution >= 4 is 11.6 Å². The molecule has 7 heteroatoms. The number of hydrogen-bond donors (Lipinski definition) is 0. The van der Waals surface area contributed by atoms with Gasteiger partial charge in [-0.05, 0) is 47.2 Å². The second-order valence-corrected chi connectivity index (χ2v) is 3.95. The van der Waals surface area contributed by atoms with Gasteiger partial charge in [-0.3, -0.25) is 0 Å². The second kappa shape index (κ2) is 5.68. The minimum Gasteiger partial charge on any atom is -0.225 e. The fourth-order valence-electron chi connectivity index (χ4n) is 1.46. The Balaban J connectivity index is 2.17. The van der Waals surface area contributed by atoms with Crippen LogP contribution in [0.25, 0.3) is 11.4 Å². The molecule has 0 aliphatic rings. The lowest BCUT2D eigenvalue weighted by Gasteiger charge is -2.02. The van der Waals surface area contributed by atoms with Crippen LogP contribution in [0.4, 0.5) is 8.78 Å². The Labute approximate surface area is 107 Å². The van der Waals surface area contributed by atoms with E-state index in [0.29, 0.717) is 17.4 Å². The van der Waals surface area contributed by atoms with E-state index in [4.69, 9.17) is 11.6 Å². The van der Waals surface area contributed by atoms with Crippen LogP contribution in [0.15, 0.2) is 36.4 Å². The average Bonchev–Trinajstić information content (AvgIpc) is 2.78. The van der Waals surface area contributed by atoms with Crippen molar-refractivity contribution in [2.75, 3.05) is 0 Å². The van der Waals surface area contributed by atoms with E-state index in [-0.39, 0.29) is 6.42 Å². The molecule has 0 unspecified atom stereocenters. The Morgan fingerprint density at radius 3 is 2.67 bits per heavy atom. The fourth-order valence-corrected chi connectivity index (χ4v) is 1.58. The molecule has 0 bridgehead atoms. The molecule has 0 atom stereocenters. The molecular formula is C11H9ClF2N4. The molecule has 0 aliphatic heterocycles. The normalized spacial score (nSPS) is 10.4. The number of aryl methyl sites for hydroxylation is 1. The Kier molecular flexibility index (Phi) is 3.99. The third-order valence-corrected chi connectivity index (χ3v) is 2.53. The molecule has 18 heavy (non-hydrogen) atoms. The molecule has 94 valence electrons. The van der Waals surface area contributed by atoms with Gasteiger partial charge in [0.15, 0.2) is 5.82 Å². The van der Waals surface area contributed by atoms with Crippen LogP contribution in [0.3, 0.4) is 0 Å². The van der Waals surface area contributed by atoms with Gasteiger partial charge >= 0.3 is 0 Å². The molecule has 0 saturated heterocycles. The summed E-state index contributed by atoms with van der Waals surface area (Å²) < 4.78 is 25.3. The highest BCUT2D eigenvalue weighted by molar-refractivity contribution is 6.30. The van der Waals surface area contributed by atoms with Crippen molar-refractivity contribution in [3.8, 4) is 11.4 Å². The Morgan fingerprint density at radius 2 is 2.00 bits per heavy atom. The maximum Gasteiger partial charge on any atom is 0.266 e. The van der Waals surface area contributed by atoms with Crippen molar-refractivity contribution in [2.45, 2.75) is 13.0 Å². The lowest BCUT2D eigenvalue weighted by Crippen LogP contribution is -2.02. The van der Waals surface area contributed by atoms with Crippen molar-refractivity contribution in [1.29, 1.82) is 0 Å². The van der Waals surface area contributed by atoms with E-state index in [1.165, 1.54) is 4.68 Å². The smallest absolute Gasteiger partial charge is 0.225 e. The van der Waals surface area contributed by atoms with Crippen molar-refractivity contribution in [3.63, 3.8) is 0 Å². The third-order valence-electron chi connectivity index (χ3n) is 2.27. The summed E-state index contributed by atoms with van der Waals surface area (Å²) in [4.78, 5) is 0. The highest BCUT2D eigenvalue weighted by Gasteiger charge is 2.08. The zero-order valence-corrected chi connectivity index (χ0v) is 9.98. The minimum absolute atomic E-state index is 0.175. The van der Waals surface area contributed by atoms with E-state index in [1.54, 1.807) is 24.3 Å². The number of allylic oxidation sites excluding steroid dienone is 1. The number of benzene rings is 1.